The van der Waals surface area contributed by atoms with Crippen LogP contribution < -0.4 is 10.2 Å². The number of nitrogens with one attached hydrogen (secondary N) is 1. The van der Waals surface area contributed by atoms with Crippen LogP contribution in [0.25, 0.3) is 0 Å². The van der Waals surface area contributed by atoms with Crippen molar-refractivity contribution in [2.45, 2.75) is 25.8 Å². The highest BCUT2D eigenvalue weighted by Crippen LogP contribution is 2.19. The molecule has 0 aromatic carbocycles. The van der Waals surface area contributed by atoms with E-state index in [1.165, 1.54) is 25.1 Å². The summed E-state index contributed by atoms with van der Waals surface area (Å²) in [4.78, 5) is 2.49. The van der Waals surface area contributed by atoms with Crippen LogP contribution in [0, 0.1) is 0 Å². The molecule has 1 N–H and O–H groups in total. The molecule has 2 rings (SSSR count). The number of thiophene rings is 1. The topological polar surface area (TPSA) is 15.3 Å². The molecule has 0 radical (unpaired) electrons. The second-order valence-corrected chi connectivity index (χ2v) is 4.65. The summed E-state index contributed by atoms with van der Waals surface area (Å²) in [5.41, 5.74) is 1.40. The van der Waals surface area contributed by atoms with Crippen LogP contribution in [0.2, 0.25) is 0 Å². The molecule has 1 aromatic heterocycles. The molecule has 0 spiro atoms. The van der Waals surface area contributed by atoms with Crippen molar-refractivity contribution >= 4 is 17.0 Å². The first-order chi connectivity index (χ1) is 6.90. The van der Waals surface area contributed by atoms with Crippen LogP contribution in [0.1, 0.15) is 19.8 Å². The van der Waals surface area contributed by atoms with Crippen LogP contribution in [0.4, 0.5) is 5.69 Å². The van der Waals surface area contributed by atoms with Crippen LogP contribution in [-0.2, 0) is 0 Å². The second kappa shape index (κ2) is 4.80. The van der Waals surface area contributed by atoms with Crippen molar-refractivity contribution in [3.63, 3.8) is 0 Å². The van der Waals surface area contributed by atoms with Crippen molar-refractivity contribution in [1.82, 2.24) is 5.32 Å². The van der Waals surface area contributed by atoms with Gasteiger partial charge in [0, 0.05) is 36.7 Å². The zero-order chi connectivity index (χ0) is 9.80. The first-order valence-electron chi connectivity index (χ1n) is 5.40. The first-order valence-corrected chi connectivity index (χ1v) is 6.35. The van der Waals surface area contributed by atoms with E-state index in [9.17, 15) is 0 Å². The van der Waals surface area contributed by atoms with Gasteiger partial charge in [0.25, 0.3) is 0 Å². The summed E-state index contributed by atoms with van der Waals surface area (Å²) < 4.78 is 0. The van der Waals surface area contributed by atoms with E-state index >= 15 is 0 Å². The molecule has 1 fully saturated rings. The largest absolute Gasteiger partial charge is 0.368 e. The van der Waals surface area contributed by atoms with Crippen molar-refractivity contribution in [3.8, 4) is 0 Å². The monoisotopic (exact) mass is 210 g/mol. The predicted molar refractivity (Wildman–Crippen MR) is 63.2 cm³/mol. The zero-order valence-corrected chi connectivity index (χ0v) is 9.52. The molecule has 1 aliphatic heterocycles. The lowest BCUT2D eigenvalue weighted by molar-refractivity contribution is 0.431. The fourth-order valence-corrected chi connectivity index (χ4v) is 2.70. The molecular formula is C11H18N2S. The van der Waals surface area contributed by atoms with E-state index in [0.29, 0.717) is 6.04 Å². The van der Waals surface area contributed by atoms with Gasteiger partial charge in [-0.25, -0.2) is 0 Å². The number of hydrogen-bond acceptors (Lipinski definition) is 3. The van der Waals surface area contributed by atoms with Gasteiger partial charge in [-0.15, -0.1) is 0 Å². The number of anilines is 1. The molecule has 2 nitrogen and oxygen atoms in total. The summed E-state index contributed by atoms with van der Waals surface area (Å²) in [5, 5.41) is 7.98. The lowest BCUT2D eigenvalue weighted by atomic mass is 10.1. The van der Waals surface area contributed by atoms with E-state index in [0.717, 1.165) is 13.1 Å². The van der Waals surface area contributed by atoms with Crippen molar-refractivity contribution < 1.29 is 0 Å². The highest BCUT2D eigenvalue weighted by atomic mass is 32.1. The van der Waals surface area contributed by atoms with Gasteiger partial charge in [-0.3, -0.25) is 0 Å². The molecule has 2 heterocycles. The Morgan fingerprint density at radius 2 is 2.57 bits per heavy atom. The third-order valence-corrected chi connectivity index (χ3v) is 3.43. The van der Waals surface area contributed by atoms with E-state index in [2.05, 4.69) is 34.0 Å². The van der Waals surface area contributed by atoms with Crippen LogP contribution in [0.15, 0.2) is 16.8 Å². The van der Waals surface area contributed by atoms with E-state index < -0.39 is 0 Å². The molecule has 1 aliphatic rings. The minimum Gasteiger partial charge on any atom is -0.368 e. The van der Waals surface area contributed by atoms with E-state index in [-0.39, 0.29) is 0 Å². The molecule has 78 valence electrons. The van der Waals surface area contributed by atoms with Crippen molar-refractivity contribution in [3.05, 3.63) is 16.8 Å². The number of rotatable bonds is 3. The summed E-state index contributed by atoms with van der Waals surface area (Å²) >= 11 is 1.79. The maximum Gasteiger partial charge on any atom is 0.0475 e. The normalized spacial score (nSPS) is 22.6. The maximum absolute atomic E-state index is 3.57. The van der Waals surface area contributed by atoms with Crippen LogP contribution in [0.5, 0.6) is 0 Å². The van der Waals surface area contributed by atoms with Gasteiger partial charge in [-0.2, -0.15) is 11.3 Å². The van der Waals surface area contributed by atoms with Crippen LogP contribution in [-0.4, -0.2) is 25.7 Å². The quantitative estimate of drug-likeness (QED) is 0.823. The van der Waals surface area contributed by atoms with Gasteiger partial charge >= 0.3 is 0 Å². The lowest BCUT2D eigenvalue weighted by Gasteiger charge is -2.34. The Labute approximate surface area is 89.9 Å². The molecule has 1 unspecified atom stereocenters. The molecule has 0 bridgehead atoms. The molecule has 1 saturated heterocycles. The highest BCUT2D eigenvalue weighted by Gasteiger charge is 2.18. The van der Waals surface area contributed by atoms with Gasteiger partial charge in [0.05, 0.1) is 0 Å². The maximum atomic E-state index is 3.57. The molecule has 0 amide bonds. The Morgan fingerprint density at radius 3 is 3.29 bits per heavy atom. The third-order valence-electron chi connectivity index (χ3n) is 2.76. The van der Waals surface area contributed by atoms with Crippen molar-refractivity contribution in [1.29, 1.82) is 0 Å². The standard InChI is InChI=1S/C11H18N2S/c1-2-3-10-8-13(6-5-12-10)11-4-7-14-9-11/h4,7,9-10,12H,2-3,5-6,8H2,1H3. The Balaban J connectivity index is 1.94. The molecule has 1 atom stereocenters. The minimum atomic E-state index is 0.689. The van der Waals surface area contributed by atoms with Gasteiger partial charge in [0.2, 0.25) is 0 Å². The molecule has 3 heteroatoms. The van der Waals surface area contributed by atoms with Gasteiger partial charge < -0.3 is 10.2 Å². The van der Waals surface area contributed by atoms with Gasteiger partial charge in [-0.1, -0.05) is 13.3 Å². The smallest absolute Gasteiger partial charge is 0.0475 e. The van der Waals surface area contributed by atoms with E-state index in [1.807, 2.05) is 0 Å². The molecular weight excluding hydrogens is 192 g/mol. The Hall–Kier alpha value is -0.540. The Kier molecular flexibility index (Phi) is 3.43. The van der Waals surface area contributed by atoms with Gasteiger partial charge in [0.15, 0.2) is 0 Å². The number of piperazine rings is 1. The number of nitrogens with zero attached hydrogens (tertiary/aromatic N) is 1. The highest BCUT2D eigenvalue weighted by molar-refractivity contribution is 7.08. The van der Waals surface area contributed by atoms with Gasteiger partial charge in [-0.05, 0) is 17.9 Å². The SMILES string of the molecule is CCCC1CN(c2ccsc2)CCN1. The fraction of sp³-hybridized carbons (Fsp3) is 0.636. The average molecular weight is 210 g/mol. The second-order valence-electron chi connectivity index (χ2n) is 3.87. The summed E-state index contributed by atoms with van der Waals surface area (Å²) in [5.74, 6) is 0. The van der Waals surface area contributed by atoms with Crippen LogP contribution >= 0.6 is 11.3 Å². The van der Waals surface area contributed by atoms with Crippen molar-refractivity contribution in [2.75, 3.05) is 24.5 Å². The van der Waals surface area contributed by atoms with Crippen molar-refractivity contribution in [2.24, 2.45) is 0 Å². The predicted octanol–water partition coefficient (Wildman–Crippen LogP) is 2.33. The third kappa shape index (κ3) is 2.28. The molecule has 1 aromatic rings. The molecule has 0 aliphatic carbocycles. The van der Waals surface area contributed by atoms with Gasteiger partial charge in [0.1, 0.15) is 0 Å². The zero-order valence-electron chi connectivity index (χ0n) is 8.70. The molecule has 14 heavy (non-hydrogen) atoms. The Morgan fingerprint density at radius 1 is 1.64 bits per heavy atom. The molecule has 0 saturated carbocycles. The fourth-order valence-electron chi connectivity index (χ4n) is 2.04. The van der Waals surface area contributed by atoms with Crippen LogP contribution in [0.3, 0.4) is 0 Å². The number of hydrogen-bond donors (Lipinski definition) is 1. The lowest BCUT2D eigenvalue weighted by Crippen LogP contribution is -2.50. The average Bonchev–Trinajstić information content (AvgIpc) is 2.71. The summed E-state index contributed by atoms with van der Waals surface area (Å²) in [6.45, 7) is 5.70. The summed E-state index contributed by atoms with van der Waals surface area (Å²) in [6.07, 6.45) is 2.57. The summed E-state index contributed by atoms with van der Waals surface area (Å²) in [7, 11) is 0. The minimum absolute atomic E-state index is 0.689. The summed E-state index contributed by atoms with van der Waals surface area (Å²) in [6, 6.07) is 2.91. The first kappa shape index (κ1) is 9.99. The van der Waals surface area contributed by atoms with E-state index in [1.54, 1.807) is 11.3 Å². The van der Waals surface area contributed by atoms with E-state index in [4.69, 9.17) is 0 Å². The Bertz CT molecular complexity index is 256.